The second kappa shape index (κ2) is 12.8. The predicted octanol–water partition coefficient (Wildman–Crippen LogP) is 4.96. The van der Waals surface area contributed by atoms with Crippen LogP contribution in [0.25, 0.3) is 33.0 Å². The quantitative estimate of drug-likeness (QED) is 0.213. The Morgan fingerprint density at radius 1 is 1.00 bits per heavy atom. The van der Waals surface area contributed by atoms with E-state index in [1.807, 2.05) is 0 Å². The van der Waals surface area contributed by atoms with Gasteiger partial charge in [0.2, 0.25) is 5.95 Å². The van der Waals surface area contributed by atoms with Crippen molar-refractivity contribution in [3.05, 3.63) is 65.4 Å². The number of amides is 2. The van der Waals surface area contributed by atoms with E-state index in [1.54, 1.807) is 38.3 Å². The summed E-state index contributed by atoms with van der Waals surface area (Å²) in [6.07, 6.45) is 5.61. The Labute approximate surface area is 232 Å². The highest BCUT2D eigenvalue weighted by atomic mass is 32.1. The fourth-order valence-corrected chi connectivity index (χ4v) is 4.65. The molecule has 0 unspecified atom stereocenters. The maximum Gasteiger partial charge on any atom is 0.342 e. The molecule has 4 rings (SSSR count). The van der Waals surface area contributed by atoms with E-state index in [9.17, 15) is 18.8 Å². The van der Waals surface area contributed by atoms with Crippen LogP contribution in [-0.2, 0) is 9.47 Å². The van der Waals surface area contributed by atoms with Crippen LogP contribution in [0.4, 0.5) is 15.0 Å². The largest absolute Gasteiger partial charge is 0.462 e. The minimum Gasteiger partial charge on any atom is -0.462 e. The van der Waals surface area contributed by atoms with Gasteiger partial charge in [0.05, 0.1) is 30.0 Å². The maximum absolute atomic E-state index is 14.5. The smallest absolute Gasteiger partial charge is 0.342 e. The average molecular weight is 565 g/mol. The van der Waals surface area contributed by atoms with Gasteiger partial charge in [0.1, 0.15) is 16.4 Å². The minimum absolute atomic E-state index is 0.0486. The summed E-state index contributed by atoms with van der Waals surface area (Å²) in [7, 11) is 0. The molecule has 0 aliphatic rings. The van der Waals surface area contributed by atoms with Crippen LogP contribution < -0.4 is 10.6 Å². The Kier molecular flexibility index (Phi) is 9.07. The van der Waals surface area contributed by atoms with Crippen LogP contribution in [0.5, 0.6) is 0 Å². The first kappa shape index (κ1) is 28.2. The first-order valence-corrected chi connectivity index (χ1v) is 13.2. The molecule has 11 nitrogen and oxygen atoms in total. The molecular weight excluding hydrogens is 539 g/mol. The van der Waals surface area contributed by atoms with E-state index < -0.39 is 23.9 Å². The lowest BCUT2D eigenvalue weighted by atomic mass is 9.97. The molecule has 4 heterocycles. The number of ether oxygens (including phenoxy) is 2. The number of anilines is 1. The molecule has 206 valence electrons. The zero-order chi connectivity index (χ0) is 28.6. The maximum atomic E-state index is 14.5. The average Bonchev–Trinajstić information content (AvgIpc) is 3.43. The summed E-state index contributed by atoms with van der Waals surface area (Å²) >= 11 is 1.14. The highest BCUT2D eigenvalue weighted by Gasteiger charge is 2.28. The minimum atomic E-state index is -0.766. The summed E-state index contributed by atoms with van der Waals surface area (Å²) in [6, 6.07) is 4.09. The van der Waals surface area contributed by atoms with Crippen LogP contribution in [0.1, 0.15) is 41.5 Å². The van der Waals surface area contributed by atoms with Gasteiger partial charge in [-0.1, -0.05) is 0 Å². The van der Waals surface area contributed by atoms with E-state index in [0.717, 1.165) is 11.3 Å². The molecule has 0 fully saturated rings. The van der Waals surface area contributed by atoms with Gasteiger partial charge in [-0.2, -0.15) is 4.39 Å². The molecule has 0 atom stereocenters. The van der Waals surface area contributed by atoms with Crippen LogP contribution in [0.15, 0.2) is 48.4 Å². The Morgan fingerprint density at radius 2 is 1.77 bits per heavy atom. The van der Waals surface area contributed by atoms with Gasteiger partial charge in [-0.25, -0.2) is 29.3 Å². The molecule has 0 radical (unpaired) electrons. The number of thiazole rings is 1. The first-order valence-electron chi connectivity index (χ1n) is 12.3. The summed E-state index contributed by atoms with van der Waals surface area (Å²) in [5, 5.41) is 7.11. The van der Waals surface area contributed by atoms with Gasteiger partial charge in [0.15, 0.2) is 0 Å². The summed E-state index contributed by atoms with van der Waals surface area (Å²) in [5.74, 6) is -2.11. The van der Waals surface area contributed by atoms with Crippen molar-refractivity contribution in [3.63, 3.8) is 0 Å². The lowest BCUT2D eigenvalue weighted by Crippen LogP contribution is -2.29. The van der Waals surface area contributed by atoms with Gasteiger partial charge < -0.3 is 14.8 Å². The van der Waals surface area contributed by atoms with Gasteiger partial charge in [-0.3, -0.25) is 10.3 Å². The van der Waals surface area contributed by atoms with E-state index >= 15 is 0 Å². The number of urea groups is 1. The van der Waals surface area contributed by atoms with Crippen LogP contribution in [0.2, 0.25) is 0 Å². The third-order valence-corrected chi connectivity index (χ3v) is 6.30. The van der Waals surface area contributed by atoms with Crippen molar-refractivity contribution in [2.45, 2.75) is 20.8 Å². The van der Waals surface area contributed by atoms with Gasteiger partial charge >= 0.3 is 18.0 Å². The summed E-state index contributed by atoms with van der Waals surface area (Å²) < 4.78 is 24.9. The number of hydrogen-bond donors (Lipinski definition) is 2. The van der Waals surface area contributed by atoms with E-state index in [4.69, 9.17) is 9.47 Å². The Morgan fingerprint density at radius 3 is 2.50 bits per heavy atom. The fraction of sp³-hybridized carbons (Fsp3) is 0.222. The molecule has 4 aromatic heterocycles. The Bertz CT molecular complexity index is 1560. The predicted molar refractivity (Wildman–Crippen MR) is 146 cm³/mol. The van der Waals surface area contributed by atoms with Crippen molar-refractivity contribution in [2.75, 3.05) is 25.1 Å². The number of rotatable bonds is 9. The number of pyridine rings is 3. The van der Waals surface area contributed by atoms with Gasteiger partial charge in [0, 0.05) is 53.4 Å². The zero-order valence-electron chi connectivity index (χ0n) is 21.9. The van der Waals surface area contributed by atoms with Gasteiger partial charge in [0.25, 0.3) is 0 Å². The lowest BCUT2D eigenvalue weighted by molar-refractivity contribution is 0.0517. The molecule has 4 aromatic rings. The lowest BCUT2D eigenvalue weighted by Gasteiger charge is -2.17. The van der Waals surface area contributed by atoms with Crippen molar-refractivity contribution in [1.82, 2.24) is 25.3 Å². The van der Waals surface area contributed by atoms with Gasteiger partial charge in [-0.05, 0) is 39.0 Å². The molecule has 0 spiro atoms. The SMILES string of the molecule is CCNC(=O)Nc1ncc(-c2cncc(C(=O)OCC)c2)c(-c2nc(-c3cccnc3F)cs2)c1C(=O)OCC. The van der Waals surface area contributed by atoms with Gasteiger partial charge in [-0.15, -0.1) is 11.3 Å². The molecule has 0 aromatic carbocycles. The van der Waals surface area contributed by atoms with E-state index in [1.165, 1.54) is 30.9 Å². The highest BCUT2D eigenvalue weighted by Crippen LogP contribution is 2.40. The molecule has 2 N–H and O–H groups in total. The number of nitrogens with one attached hydrogen (secondary N) is 2. The van der Waals surface area contributed by atoms with Crippen LogP contribution in [0, 0.1) is 5.95 Å². The monoisotopic (exact) mass is 564 g/mol. The Balaban J connectivity index is 1.98. The van der Waals surface area contributed by atoms with Crippen LogP contribution in [0.3, 0.4) is 0 Å². The number of aromatic nitrogens is 4. The zero-order valence-corrected chi connectivity index (χ0v) is 22.7. The molecule has 0 bridgehead atoms. The standard InChI is InChI=1S/C27H25FN6O5S/c1-4-30-27(37)34-23-21(26(36)39-6-3)20(24-33-19(14-40-24)17-8-7-9-31-22(17)28)18(13-32-23)15-10-16(12-29-11-15)25(35)38-5-2/h7-14H,4-6H2,1-3H3,(H2,30,32,34,37). The number of hydrogen-bond acceptors (Lipinski definition) is 10. The topological polar surface area (TPSA) is 145 Å². The molecule has 0 aliphatic heterocycles. The Hall–Kier alpha value is -4.78. The number of carbonyl (C=O) groups excluding carboxylic acids is 3. The van der Waals surface area contributed by atoms with Crippen LogP contribution >= 0.6 is 11.3 Å². The normalized spacial score (nSPS) is 10.6. The fourth-order valence-electron chi connectivity index (χ4n) is 3.76. The van der Waals surface area contributed by atoms with Crippen LogP contribution in [-0.4, -0.2) is 57.7 Å². The van der Waals surface area contributed by atoms with E-state index in [2.05, 4.69) is 30.6 Å². The van der Waals surface area contributed by atoms with E-state index in [-0.39, 0.29) is 41.3 Å². The molecule has 0 aliphatic carbocycles. The number of nitrogens with zero attached hydrogens (tertiary/aromatic N) is 4. The second-order valence-electron chi connectivity index (χ2n) is 8.04. The van der Waals surface area contributed by atoms with E-state index in [0.29, 0.717) is 28.4 Å². The number of esters is 2. The summed E-state index contributed by atoms with van der Waals surface area (Å²) in [5.41, 5.74) is 1.63. The number of carbonyl (C=O) groups is 3. The van der Waals surface area contributed by atoms with Crippen molar-refractivity contribution in [2.24, 2.45) is 0 Å². The molecule has 40 heavy (non-hydrogen) atoms. The molecular formula is C27H25FN6O5S. The van der Waals surface area contributed by atoms with Crippen molar-refractivity contribution in [1.29, 1.82) is 0 Å². The van der Waals surface area contributed by atoms with Crippen molar-refractivity contribution in [3.8, 4) is 33.0 Å². The summed E-state index contributed by atoms with van der Waals surface area (Å²) in [4.78, 5) is 55.0. The third kappa shape index (κ3) is 6.10. The van der Waals surface area contributed by atoms with Crippen molar-refractivity contribution < 1.29 is 28.2 Å². The van der Waals surface area contributed by atoms with Crippen molar-refractivity contribution >= 4 is 35.1 Å². The highest BCUT2D eigenvalue weighted by molar-refractivity contribution is 7.13. The first-order chi connectivity index (χ1) is 19.4. The number of halogens is 1. The molecule has 0 saturated carbocycles. The summed E-state index contributed by atoms with van der Waals surface area (Å²) in [6.45, 7) is 5.64. The molecule has 13 heteroatoms. The molecule has 0 saturated heterocycles. The second-order valence-corrected chi connectivity index (χ2v) is 8.90. The third-order valence-electron chi connectivity index (χ3n) is 5.44. The molecule has 2 amide bonds.